The molecule has 0 aromatic heterocycles. The molecule has 0 N–H and O–H groups in total. The van der Waals surface area contributed by atoms with Crippen LogP contribution in [0.25, 0.3) is 0 Å². The molecular weight excluding hydrogens is 484 g/mol. The van der Waals surface area contributed by atoms with Gasteiger partial charge < -0.3 is 9.16 Å². The lowest BCUT2D eigenvalue weighted by molar-refractivity contribution is 0.200. The third-order valence-electron chi connectivity index (χ3n) is 7.20. The van der Waals surface area contributed by atoms with E-state index in [4.69, 9.17) is 9.16 Å². The average molecular weight is 523 g/mol. The van der Waals surface area contributed by atoms with Crippen molar-refractivity contribution in [3.8, 4) is 0 Å². The van der Waals surface area contributed by atoms with Gasteiger partial charge in [0.2, 0.25) is 9.84 Å². The van der Waals surface area contributed by atoms with E-state index in [0.29, 0.717) is 17.9 Å². The smallest absolute Gasteiger partial charge is 0.261 e. The molecule has 36 heavy (non-hydrogen) atoms. The maximum Gasteiger partial charge on any atom is 0.261 e. The Kier molecular flexibility index (Phi) is 7.37. The first-order valence-electron chi connectivity index (χ1n) is 12.6. The summed E-state index contributed by atoms with van der Waals surface area (Å²) in [5.41, 5.74) is -0.497. The van der Waals surface area contributed by atoms with Crippen molar-refractivity contribution in [1.29, 1.82) is 0 Å². The fraction of sp³-hybridized carbons (Fsp3) is 0.400. The molecule has 1 aliphatic rings. The van der Waals surface area contributed by atoms with Crippen molar-refractivity contribution in [3.63, 3.8) is 0 Å². The zero-order valence-corrected chi connectivity index (χ0v) is 24.0. The van der Waals surface area contributed by atoms with E-state index in [1.54, 1.807) is 12.1 Å². The minimum Gasteiger partial charge on any atom is -0.407 e. The lowest BCUT2D eigenvalue weighted by atomic mass is 9.99. The number of hydrogen-bond donors (Lipinski definition) is 0. The molecule has 1 saturated heterocycles. The number of epoxide rings is 1. The molecule has 0 spiro atoms. The van der Waals surface area contributed by atoms with Gasteiger partial charge in [0.05, 0.1) is 4.90 Å². The van der Waals surface area contributed by atoms with Crippen molar-refractivity contribution >= 4 is 28.5 Å². The molecule has 192 valence electrons. The van der Waals surface area contributed by atoms with Gasteiger partial charge in [-0.3, -0.25) is 0 Å². The van der Waals surface area contributed by atoms with Crippen LogP contribution in [0.15, 0.2) is 89.8 Å². The molecular formula is C30H38O4SSi. The standard InChI is InChI=1S/C30H38O4SSi/c1-23-17-19-25(20-18-23)35(31,32)28-30(6,34-28)21-24(2)22-33-36(29(3,4)5,26-13-9-7-10-14-26)27-15-11-8-12-16-27/h7-20,24,28H,21-22H2,1-6H3/t24-,28+,30-/m1/s1. The summed E-state index contributed by atoms with van der Waals surface area (Å²) >= 11 is 0. The molecule has 1 heterocycles. The SMILES string of the molecule is Cc1ccc(S(=O)(=O)[C@@H]2O[C@]2(C)C[C@@H](C)CO[Si](c2ccccc2)(c2ccccc2)C(C)(C)C)cc1. The van der Waals surface area contributed by atoms with Gasteiger partial charge in [0.15, 0.2) is 5.44 Å². The molecule has 3 aromatic rings. The molecule has 0 saturated carbocycles. The Hall–Kier alpha value is -2.25. The summed E-state index contributed by atoms with van der Waals surface area (Å²) in [6, 6.07) is 28.1. The molecule has 0 aliphatic carbocycles. The van der Waals surface area contributed by atoms with Crippen LogP contribution in [0, 0.1) is 12.8 Å². The van der Waals surface area contributed by atoms with E-state index >= 15 is 0 Å². The molecule has 3 atom stereocenters. The quantitative estimate of drug-likeness (QED) is 0.276. The first-order valence-corrected chi connectivity index (χ1v) is 16.1. The first kappa shape index (κ1) is 26.8. The summed E-state index contributed by atoms with van der Waals surface area (Å²) in [5.74, 6) is 0.120. The lowest BCUT2D eigenvalue weighted by Crippen LogP contribution is -2.66. The van der Waals surface area contributed by atoms with Crippen LogP contribution in [0.2, 0.25) is 5.04 Å². The second kappa shape index (κ2) is 9.90. The Morgan fingerprint density at radius 3 is 1.89 bits per heavy atom. The Labute approximate surface area is 217 Å². The van der Waals surface area contributed by atoms with Gasteiger partial charge in [-0.05, 0) is 53.7 Å². The minimum atomic E-state index is -3.54. The van der Waals surface area contributed by atoms with Gasteiger partial charge in [-0.15, -0.1) is 0 Å². The van der Waals surface area contributed by atoms with Crippen LogP contribution in [0.4, 0.5) is 0 Å². The summed E-state index contributed by atoms with van der Waals surface area (Å²) in [6.45, 7) is 13.3. The monoisotopic (exact) mass is 522 g/mol. The largest absolute Gasteiger partial charge is 0.407 e. The van der Waals surface area contributed by atoms with Crippen molar-refractivity contribution in [2.75, 3.05) is 6.61 Å². The van der Waals surface area contributed by atoms with Gasteiger partial charge in [-0.25, -0.2) is 8.42 Å². The van der Waals surface area contributed by atoms with E-state index in [9.17, 15) is 8.42 Å². The summed E-state index contributed by atoms with van der Waals surface area (Å²) in [4.78, 5) is 0.318. The molecule has 4 rings (SSSR count). The van der Waals surface area contributed by atoms with Gasteiger partial charge >= 0.3 is 0 Å². The van der Waals surface area contributed by atoms with E-state index in [2.05, 4.69) is 76.2 Å². The highest BCUT2D eigenvalue weighted by Gasteiger charge is 2.61. The third-order valence-corrected chi connectivity index (χ3v) is 14.3. The fourth-order valence-corrected chi connectivity index (χ4v) is 11.9. The third kappa shape index (κ3) is 5.10. The molecule has 3 aromatic carbocycles. The topological polar surface area (TPSA) is 55.9 Å². The minimum absolute atomic E-state index is 0.104. The van der Waals surface area contributed by atoms with E-state index in [-0.39, 0.29) is 11.0 Å². The van der Waals surface area contributed by atoms with Crippen LogP contribution in [0.3, 0.4) is 0 Å². The number of aryl methyl sites for hydroxylation is 1. The molecule has 0 radical (unpaired) electrons. The van der Waals surface area contributed by atoms with Gasteiger partial charge in [-0.1, -0.05) is 106 Å². The van der Waals surface area contributed by atoms with Crippen LogP contribution in [0.5, 0.6) is 0 Å². The summed E-state index contributed by atoms with van der Waals surface area (Å²) in [6.07, 6.45) is 0.612. The highest BCUT2D eigenvalue weighted by molar-refractivity contribution is 7.92. The number of hydrogen-bond acceptors (Lipinski definition) is 4. The Morgan fingerprint density at radius 2 is 1.42 bits per heavy atom. The van der Waals surface area contributed by atoms with Crippen LogP contribution in [-0.4, -0.2) is 34.4 Å². The van der Waals surface area contributed by atoms with E-state index in [0.717, 1.165) is 5.56 Å². The zero-order chi connectivity index (χ0) is 26.2. The zero-order valence-electron chi connectivity index (χ0n) is 22.2. The molecule has 0 amide bonds. The van der Waals surface area contributed by atoms with Crippen molar-refractivity contribution in [2.24, 2.45) is 5.92 Å². The van der Waals surface area contributed by atoms with Crippen molar-refractivity contribution in [3.05, 3.63) is 90.5 Å². The van der Waals surface area contributed by atoms with Gasteiger partial charge in [0.1, 0.15) is 5.60 Å². The fourth-order valence-electron chi connectivity index (χ4n) is 5.38. The first-order chi connectivity index (χ1) is 16.9. The average Bonchev–Trinajstić information content (AvgIpc) is 3.52. The Morgan fingerprint density at radius 1 is 0.917 bits per heavy atom. The highest BCUT2D eigenvalue weighted by atomic mass is 32.2. The van der Waals surface area contributed by atoms with Crippen LogP contribution in [0.1, 0.15) is 46.6 Å². The van der Waals surface area contributed by atoms with Crippen molar-refractivity contribution < 1.29 is 17.6 Å². The van der Waals surface area contributed by atoms with Crippen molar-refractivity contribution in [2.45, 2.75) is 68.9 Å². The maximum atomic E-state index is 13.2. The lowest BCUT2D eigenvalue weighted by Gasteiger charge is -2.43. The second-order valence-electron chi connectivity index (χ2n) is 11.4. The number of benzene rings is 3. The molecule has 0 bridgehead atoms. The highest BCUT2D eigenvalue weighted by Crippen LogP contribution is 2.47. The van der Waals surface area contributed by atoms with Crippen LogP contribution in [-0.2, 0) is 19.0 Å². The predicted molar refractivity (Wildman–Crippen MR) is 149 cm³/mol. The predicted octanol–water partition coefficient (Wildman–Crippen LogP) is 5.49. The molecule has 6 heteroatoms. The van der Waals surface area contributed by atoms with Crippen molar-refractivity contribution in [1.82, 2.24) is 0 Å². The van der Waals surface area contributed by atoms with Gasteiger partial charge in [0, 0.05) is 6.61 Å². The number of ether oxygens (including phenoxy) is 1. The van der Waals surface area contributed by atoms with E-state index in [1.165, 1.54) is 10.4 Å². The number of sulfone groups is 1. The molecule has 0 unspecified atom stereocenters. The molecule has 1 fully saturated rings. The summed E-state index contributed by atoms with van der Waals surface area (Å²) in [7, 11) is -6.18. The number of rotatable bonds is 9. The summed E-state index contributed by atoms with van der Waals surface area (Å²) in [5, 5.41) is 2.38. The van der Waals surface area contributed by atoms with Gasteiger partial charge in [0.25, 0.3) is 8.32 Å². The van der Waals surface area contributed by atoms with Gasteiger partial charge in [-0.2, -0.15) is 0 Å². The molecule has 1 aliphatic heterocycles. The van der Waals surface area contributed by atoms with Crippen LogP contribution >= 0.6 is 0 Å². The maximum absolute atomic E-state index is 13.2. The van der Waals surface area contributed by atoms with Crippen LogP contribution < -0.4 is 10.4 Å². The second-order valence-corrected chi connectivity index (χ2v) is 17.7. The summed E-state index contributed by atoms with van der Waals surface area (Å²) < 4.78 is 39.3. The Balaban J connectivity index is 1.54. The normalized spacial score (nSPS) is 21.2. The Bertz CT molecular complexity index is 1230. The van der Waals surface area contributed by atoms with E-state index in [1.807, 2.05) is 38.1 Å². The molecule has 4 nitrogen and oxygen atoms in total. The van der Waals surface area contributed by atoms with E-state index < -0.39 is 29.2 Å².